The fraction of sp³-hybridized carbons (Fsp3) is 0.750. The van der Waals surface area contributed by atoms with Crippen LogP contribution in [0.4, 0.5) is 0 Å². The van der Waals surface area contributed by atoms with E-state index in [9.17, 15) is 8.42 Å². The quantitative estimate of drug-likeness (QED) is 0.660. The van der Waals surface area contributed by atoms with Crippen LogP contribution in [0.25, 0.3) is 0 Å². The zero-order valence-electron chi connectivity index (χ0n) is 7.34. The van der Waals surface area contributed by atoms with Crippen molar-refractivity contribution in [3.63, 3.8) is 0 Å². The summed E-state index contributed by atoms with van der Waals surface area (Å²) in [6, 6.07) is 0. The second-order valence-electron chi connectivity index (χ2n) is 3.22. The van der Waals surface area contributed by atoms with Crippen molar-refractivity contribution in [3.05, 3.63) is 12.2 Å². The molecule has 70 valence electrons. The average Bonchev–Trinajstić information content (AvgIpc) is 2.05. The molecule has 1 N–H and O–H groups in total. The van der Waals surface area contributed by atoms with Gasteiger partial charge in [-0.05, 0) is 32.7 Å². The van der Waals surface area contributed by atoms with E-state index in [0.29, 0.717) is 6.42 Å². The first kappa shape index (κ1) is 9.74. The highest BCUT2D eigenvalue weighted by atomic mass is 32.2. The topological polar surface area (TPSA) is 46.2 Å². The minimum absolute atomic E-state index is 0.247. The molecule has 0 radical (unpaired) electrons. The van der Waals surface area contributed by atoms with Gasteiger partial charge >= 0.3 is 0 Å². The minimum atomic E-state index is -3.07. The molecule has 0 aliphatic heterocycles. The SMILES string of the molecule is C=C1CCCC(S(=O)(=O)NC)C1. The Morgan fingerprint density at radius 3 is 2.75 bits per heavy atom. The summed E-state index contributed by atoms with van der Waals surface area (Å²) in [5, 5.41) is -0.247. The van der Waals surface area contributed by atoms with E-state index in [1.54, 1.807) is 0 Å². The Kier molecular flexibility index (Phi) is 2.90. The number of hydrogen-bond donors (Lipinski definition) is 1. The Balaban J connectivity index is 2.70. The third-order valence-electron chi connectivity index (χ3n) is 2.30. The van der Waals surface area contributed by atoms with Crippen molar-refractivity contribution < 1.29 is 8.42 Å². The van der Waals surface area contributed by atoms with Gasteiger partial charge in [0.2, 0.25) is 10.0 Å². The Bertz CT molecular complexity index is 269. The average molecular weight is 189 g/mol. The van der Waals surface area contributed by atoms with E-state index in [2.05, 4.69) is 11.3 Å². The minimum Gasteiger partial charge on any atom is -0.218 e. The zero-order valence-corrected chi connectivity index (χ0v) is 8.15. The molecule has 1 atom stereocenters. The Morgan fingerprint density at radius 2 is 2.25 bits per heavy atom. The summed E-state index contributed by atoms with van der Waals surface area (Å²) in [4.78, 5) is 0. The van der Waals surface area contributed by atoms with Crippen LogP contribution >= 0.6 is 0 Å². The largest absolute Gasteiger partial charge is 0.218 e. The molecule has 0 aromatic carbocycles. The monoisotopic (exact) mass is 189 g/mol. The number of sulfonamides is 1. The summed E-state index contributed by atoms with van der Waals surface area (Å²) in [5.74, 6) is 0. The Labute approximate surface area is 73.9 Å². The molecule has 1 fully saturated rings. The van der Waals surface area contributed by atoms with Crippen LogP contribution in [0.3, 0.4) is 0 Å². The lowest BCUT2D eigenvalue weighted by Crippen LogP contribution is -2.33. The number of hydrogen-bond acceptors (Lipinski definition) is 2. The fourth-order valence-electron chi connectivity index (χ4n) is 1.54. The summed E-state index contributed by atoms with van der Waals surface area (Å²) < 4.78 is 25.1. The van der Waals surface area contributed by atoms with Gasteiger partial charge in [0.05, 0.1) is 5.25 Å². The van der Waals surface area contributed by atoms with Crippen molar-refractivity contribution in [2.75, 3.05) is 7.05 Å². The van der Waals surface area contributed by atoms with Crippen LogP contribution in [0.5, 0.6) is 0 Å². The Hall–Kier alpha value is -0.350. The second kappa shape index (κ2) is 3.58. The van der Waals surface area contributed by atoms with Crippen LogP contribution in [0.2, 0.25) is 0 Å². The molecule has 0 bridgehead atoms. The summed E-state index contributed by atoms with van der Waals surface area (Å²) in [6.07, 6.45) is 3.32. The summed E-state index contributed by atoms with van der Waals surface area (Å²) in [6.45, 7) is 3.82. The summed E-state index contributed by atoms with van der Waals surface area (Å²) >= 11 is 0. The van der Waals surface area contributed by atoms with Crippen LogP contribution in [0, 0.1) is 0 Å². The maximum absolute atomic E-state index is 11.3. The predicted octanol–water partition coefficient (Wildman–Crippen LogP) is 1.03. The van der Waals surface area contributed by atoms with Crippen molar-refractivity contribution >= 4 is 10.0 Å². The van der Waals surface area contributed by atoms with Gasteiger partial charge in [-0.25, -0.2) is 13.1 Å². The molecule has 1 rings (SSSR count). The first-order valence-corrected chi connectivity index (χ1v) is 5.70. The molecule has 3 nitrogen and oxygen atoms in total. The van der Waals surface area contributed by atoms with Crippen LogP contribution in [-0.4, -0.2) is 20.7 Å². The molecule has 0 aromatic heterocycles. The van der Waals surface area contributed by atoms with E-state index in [4.69, 9.17) is 0 Å². The molecule has 12 heavy (non-hydrogen) atoms. The lowest BCUT2D eigenvalue weighted by Gasteiger charge is -2.22. The van der Waals surface area contributed by atoms with Crippen molar-refractivity contribution in [3.8, 4) is 0 Å². The van der Waals surface area contributed by atoms with Crippen LogP contribution in [0.1, 0.15) is 25.7 Å². The van der Waals surface area contributed by atoms with Gasteiger partial charge in [-0.15, -0.1) is 0 Å². The molecule has 0 amide bonds. The molecule has 0 heterocycles. The summed E-state index contributed by atoms with van der Waals surface area (Å²) in [5.41, 5.74) is 1.06. The Morgan fingerprint density at radius 1 is 1.58 bits per heavy atom. The van der Waals surface area contributed by atoms with Crippen LogP contribution < -0.4 is 4.72 Å². The highest BCUT2D eigenvalue weighted by Crippen LogP contribution is 2.26. The second-order valence-corrected chi connectivity index (χ2v) is 5.38. The van der Waals surface area contributed by atoms with Crippen LogP contribution in [-0.2, 0) is 10.0 Å². The van der Waals surface area contributed by atoms with Gasteiger partial charge < -0.3 is 0 Å². The van der Waals surface area contributed by atoms with Crippen molar-refractivity contribution in [2.45, 2.75) is 30.9 Å². The lowest BCUT2D eigenvalue weighted by atomic mass is 9.96. The molecule has 1 saturated carbocycles. The van der Waals surface area contributed by atoms with Gasteiger partial charge in [0, 0.05) is 0 Å². The third-order valence-corrected chi connectivity index (χ3v) is 4.15. The van der Waals surface area contributed by atoms with E-state index >= 15 is 0 Å². The van der Waals surface area contributed by atoms with Gasteiger partial charge in [0.25, 0.3) is 0 Å². The molecule has 1 aliphatic carbocycles. The van der Waals surface area contributed by atoms with Gasteiger partial charge in [-0.2, -0.15) is 0 Å². The smallest absolute Gasteiger partial charge is 0.214 e. The summed E-state index contributed by atoms with van der Waals surface area (Å²) in [7, 11) is -1.60. The molecule has 1 unspecified atom stereocenters. The molecule has 4 heteroatoms. The first-order chi connectivity index (χ1) is 5.56. The number of allylic oxidation sites excluding steroid dienone is 1. The standard InChI is InChI=1S/C8H15NO2S/c1-7-4-3-5-8(6-7)12(10,11)9-2/h8-9H,1,3-6H2,2H3. The zero-order chi connectivity index (χ0) is 9.19. The van der Waals surface area contributed by atoms with E-state index in [1.807, 2.05) is 0 Å². The van der Waals surface area contributed by atoms with Crippen molar-refractivity contribution in [1.82, 2.24) is 4.72 Å². The molecule has 0 aromatic rings. The van der Waals surface area contributed by atoms with E-state index in [1.165, 1.54) is 7.05 Å². The molecular weight excluding hydrogens is 174 g/mol. The number of nitrogens with one attached hydrogen (secondary N) is 1. The van der Waals surface area contributed by atoms with E-state index in [0.717, 1.165) is 24.8 Å². The molecule has 1 aliphatic rings. The van der Waals surface area contributed by atoms with Crippen molar-refractivity contribution in [1.29, 1.82) is 0 Å². The van der Waals surface area contributed by atoms with Crippen LogP contribution in [0.15, 0.2) is 12.2 Å². The molecule has 0 saturated heterocycles. The van der Waals surface area contributed by atoms with Gasteiger partial charge in [-0.3, -0.25) is 0 Å². The van der Waals surface area contributed by atoms with E-state index < -0.39 is 10.0 Å². The van der Waals surface area contributed by atoms with Crippen molar-refractivity contribution in [2.24, 2.45) is 0 Å². The highest BCUT2D eigenvalue weighted by Gasteiger charge is 2.26. The van der Waals surface area contributed by atoms with Gasteiger partial charge in [0.1, 0.15) is 0 Å². The maximum Gasteiger partial charge on any atom is 0.214 e. The van der Waals surface area contributed by atoms with E-state index in [-0.39, 0.29) is 5.25 Å². The molecular formula is C8H15NO2S. The molecule has 0 spiro atoms. The highest BCUT2D eigenvalue weighted by molar-refractivity contribution is 7.90. The fourth-order valence-corrected chi connectivity index (χ4v) is 2.80. The third kappa shape index (κ3) is 2.08. The predicted molar refractivity (Wildman–Crippen MR) is 49.4 cm³/mol. The number of rotatable bonds is 2. The van der Waals surface area contributed by atoms with Gasteiger partial charge in [-0.1, -0.05) is 12.2 Å². The van der Waals surface area contributed by atoms with Gasteiger partial charge in [0.15, 0.2) is 0 Å². The normalized spacial score (nSPS) is 25.8. The lowest BCUT2D eigenvalue weighted by molar-refractivity contribution is 0.533. The maximum atomic E-state index is 11.3. The first-order valence-electron chi connectivity index (χ1n) is 4.15.